The summed E-state index contributed by atoms with van der Waals surface area (Å²) in [6.45, 7) is 4.29. The van der Waals surface area contributed by atoms with Crippen LogP contribution in [-0.4, -0.2) is 41.7 Å². The molecule has 1 aliphatic carbocycles. The van der Waals surface area contributed by atoms with Crippen LogP contribution in [0.15, 0.2) is 48.5 Å². The van der Waals surface area contributed by atoms with Gasteiger partial charge in [0, 0.05) is 22.1 Å². The van der Waals surface area contributed by atoms with Crippen molar-refractivity contribution in [3.8, 4) is 0 Å². The number of hydrogen-bond acceptors (Lipinski definition) is 3. The van der Waals surface area contributed by atoms with Crippen LogP contribution in [-0.2, 0) is 6.54 Å². The summed E-state index contributed by atoms with van der Waals surface area (Å²) >= 11 is 2.36. The highest BCUT2D eigenvalue weighted by atomic mass is 127. The van der Waals surface area contributed by atoms with Crippen LogP contribution in [0.25, 0.3) is 0 Å². The van der Waals surface area contributed by atoms with E-state index in [0.717, 1.165) is 32.1 Å². The lowest BCUT2D eigenvalue weighted by atomic mass is 9.96. The molecular formula is C23H27IN2O2. The van der Waals surface area contributed by atoms with Gasteiger partial charge in [-0.3, -0.25) is 4.90 Å². The Morgan fingerprint density at radius 3 is 2.39 bits per heavy atom. The number of likely N-dealkylation sites (tertiary alicyclic amines) is 1. The SMILES string of the molecule is O=C(O)c1ccc(CN2CCC(CN[C@@H]3C[C@H]3c3ccc(I)cc3)CC2)cc1. The van der Waals surface area contributed by atoms with Crippen molar-refractivity contribution in [2.24, 2.45) is 5.92 Å². The molecule has 2 aromatic carbocycles. The van der Waals surface area contributed by atoms with E-state index in [2.05, 4.69) is 57.1 Å². The maximum atomic E-state index is 10.9. The molecule has 2 fully saturated rings. The second-order valence-corrected chi connectivity index (χ2v) is 9.38. The third kappa shape index (κ3) is 5.13. The highest BCUT2D eigenvalue weighted by Crippen LogP contribution is 2.41. The van der Waals surface area contributed by atoms with Crippen molar-refractivity contribution in [3.05, 3.63) is 68.8 Å². The fourth-order valence-electron chi connectivity index (χ4n) is 4.18. The standard InChI is InChI=1S/C23H27IN2O2/c24-20-7-5-18(6-8-20)21-13-22(21)25-14-16-9-11-26(12-10-16)15-17-1-3-19(4-2-17)23(27)28/h1-8,16,21-22,25H,9-15H2,(H,27,28)/t21-,22+/m0/s1. The van der Waals surface area contributed by atoms with Crippen molar-refractivity contribution in [2.45, 2.75) is 37.8 Å². The Morgan fingerprint density at radius 1 is 1.07 bits per heavy atom. The minimum atomic E-state index is -0.861. The summed E-state index contributed by atoms with van der Waals surface area (Å²) in [5, 5.41) is 12.8. The highest BCUT2D eigenvalue weighted by Gasteiger charge is 2.38. The van der Waals surface area contributed by atoms with Gasteiger partial charge in [0.25, 0.3) is 0 Å². The van der Waals surface area contributed by atoms with Gasteiger partial charge in [-0.2, -0.15) is 0 Å². The Balaban J connectivity index is 1.17. The molecule has 0 spiro atoms. The van der Waals surface area contributed by atoms with Crippen molar-refractivity contribution in [1.29, 1.82) is 0 Å². The first-order valence-electron chi connectivity index (χ1n) is 10.1. The van der Waals surface area contributed by atoms with E-state index in [1.54, 1.807) is 12.1 Å². The van der Waals surface area contributed by atoms with E-state index in [0.29, 0.717) is 17.5 Å². The van der Waals surface area contributed by atoms with Gasteiger partial charge in [-0.15, -0.1) is 0 Å². The molecule has 2 N–H and O–H groups in total. The summed E-state index contributed by atoms with van der Waals surface area (Å²) in [7, 11) is 0. The number of halogens is 1. The van der Waals surface area contributed by atoms with E-state index in [9.17, 15) is 4.79 Å². The van der Waals surface area contributed by atoms with Crippen LogP contribution < -0.4 is 5.32 Å². The summed E-state index contributed by atoms with van der Waals surface area (Å²) in [6, 6.07) is 16.9. The van der Waals surface area contributed by atoms with E-state index in [-0.39, 0.29) is 0 Å². The van der Waals surface area contributed by atoms with E-state index in [1.165, 1.54) is 34.0 Å². The van der Waals surface area contributed by atoms with Crippen LogP contribution >= 0.6 is 22.6 Å². The molecule has 1 heterocycles. The van der Waals surface area contributed by atoms with Gasteiger partial charge in [0.15, 0.2) is 0 Å². The number of hydrogen-bond donors (Lipinski definition) is 2. The largest absolute Gasteiger partial charge is 0.478 e. The molecule has 2 aromatic rings. The maximum absolute atomic E-state index is 10.9. The maximum Gasteiger partial charge on any atom is 0.335 e. The first-order valence-corrected chi connectivity index (χ1v) is 11.2. The van der Waals surface area contributed by atoms with E-state index >= 15 is 0 Å². The van der Waals surface area contributed by atoms with Gasteiger partial charge in [-0.25, -0.2) is 4.79 Å². The molecule has 0 bridgehead atoms. The van der Waals surface area contributed by atoms with Gasteiger partial charge in [0.05, 0.1) is 5.56 Å². The average Bonchev–Trinajstić information content (AvgIpc) is 3.48. The molecule has 4 nitrogen and oxygen atoms in total. The minimum Gasteiger partial charge on any atom is -0.478 e. The molecule has 1 saturated carbocycles. The quantitative estimate of drug-likeness (QED) is 0.567. The van der Waals surface area contributed by atoms with Gasteiger partial charge in [-0.05, 0) is 103 Å². The molecule has 2 aliphatic rings. The third-order valence-electron chi connectivity index (χ3n) is 6.07. The van der Waals surface area contributed by atoms with Gasteiger partial charge < -0.3 is 10.4 Å². The Bertz CT molecular complexity index is 798. The zero-order valence-corrected chi connectivity index (χ0v) is 18.1. The van der Waals surface area contributed by atoms with Crippen molar-refractivity contribution in [1.82, 2.24) is 10.2 Å². The topological polar surface area (TPSA) is 52.6 Å². The van der Waals surface area contributed by atoms with Gasteiger partial charge in [-0.1, -0.05) is 24.3 Å². The molecule has 1 aliphatic heterocycles. The van der Waals surface area contributed by atoms with E-state index < -0.39 is 5.97 Å². The Morgan fingerprint density at radius 2 is 1.75 bits per heavy atom. The predicted octanol–water partition coefficient (Wildman–Crippen LogP) is 4.35. The number of piperidine rings is 1. The van der Waals surface area contributed by atoms with Crippen molar-refractivity contribution in [3.63, 3.8) is 0 Å². The lowest BCUT2D eigenvalue weighted by molar-refractivity contribution is 0.0697. The van der Waals surface area contributed by atoms with Crippen LogP contribution in [0.4, 0.5) is 0 Å². The summed E-state index contributed by atoms with van der Waals surface area (Å²) in [5.74, 6) is 0.606. The molecule has 2 atom stereocenters. The second-order valence-electron chi connectivity index (χ2n) is 8.13. The number of rotatable bonds is 7. The zero-order valence-electron chi connectivity index (χ0n) is 16.0. The lowest BCUT2D eigenvalue weighted by Crippen LogP contribution is -2.37. The van der Waals surface area contributed by atoms with Crippen LogP contribution in [0.5, 0.6) is 0 Å². The summed E-state index contributed by atoms with van der Waals surface area (Å²) in [5.41, 5.74) is 3.03. The number of carboxylic acid groups (broad SMARTS) is 1. The molecule has 0 amide bonds. The monoisotopic (exact) mass is 490 g/mol. The molecule has 0 unspecified atom stereocenters. The molecule has 148 valence electrons. The number of carboxylic acids is 1. The summed E-state index contributed by atoms with van der Waals surface area (Å²) in [4.78, 5) is 13.4. The van der Waals surface area contributed by atoms with Crippen molar-refractivity contribution < 1.29 is 9.90 Å². The number of nitrogens with zero attached hydrogens (tertiary/aromatic N) is 1. The van der Waals surface area contributed by atoms with E-state index in [1.807, 2.05) is 12.1 Å². The molecule has 28 heavy (non-hydrogen) atoms. The predicted molar refractivity (Wildman–Crippen MR) is 120 cm³/mol. The fourth-order valence-corrected chi connectivity index (χ4v) is 4.54. The Labute approximate surface area is 180 Å². The summed E-state index contributed by atoms with van der Waals surface area (Å²) in [6.07, 6.45) is 3.74. The average molecular weight is 490 g/mol. The number of carbonyl (C=O) groups is 1. The van der Waals surface area contributed by atoms with Crippen LogP contribution in [0.3, 0.4) is 0 Å². The van der Waals surface area contributed by atoms with Crippen LogP contribution in [0, 0.1) is 9.49 Å². The van der Waals surface area contributed by atoms with E-state index in [4.69, 9.17) is 5.11 Å². The summed E-state index contributed by atoms with van der Waals surface area (Å²) < 4.78 is 1.30. The number of aromatic carboxylic acids is 1. The molecule has 1 saturated heterocycles. The van der Waals surface area contributed by atoms with Gasteiger partial charge in [0.1, 0.15) is 0 Å². The smallest absolute Gasteiger partial charge is 0.335 e. The van der Waals surface area contributed by atoms with Crippen LogP contribution in [0.1, 0.15) is 46.7 Å². The van der Waals surface area contributed by atoms with Crippen LogP contribution in [0.2, 0.25) is 0 Å². The van der Waals surface area contributed by atoms with Crippen molar-refractivity contribution in [2.75, 3.05) is 19.6 Å². The Kier molecular flexibility index (Phi) is 6.33. The number of benzene rings is 2. The second kappa shape index (κ2) is 8.93. The minimum absolute atomic E-state index is 0.358. The highest BCUT2D eigenvalue weighted by molar-refractivity contribution is 14.1. The molecule has 4 rings (SSSR count). The van der Waals surface area contributed by atoms with Gasteiger partial charge in [0.2, 0.25) is 0 Å². The fraction of sp³-hybridized carbons (Fsp3) is 0.435. The number of nitrogens with one attached hydrogen (secondary N) is 1. The molecule has 0 aromatic heterocycles. The van der Waals surface area contributed by atoms with Gasteiger partial charge >= 0.3 is 5.97 Å². The first-order chi connectivity index (χ1) is 13.6. The molecule has 0 radical (unpaired) electrons. The molecular weight excluding hydrogens is 463 g/mol. The van der Waals surface area contributed by atoms with Crippen molar-refractivity contribution >= 4 is 28.6 Å². The first kappa shape index (κ1) is 19.9. The Hall–Kier alpha value is -1.44. The zero-order chi connectivity index (χ0) is 19.5. The molecule has 5 heteroatoms. The third-order valence-corrected chi connectivity index (χ3v) is 6.79. The normalized spacial score (nSPS) is 22.9. The lowest BCUT2D eigenvalue weighted by Gasteiger charge is -2.32.